The van der Waals surface area contributed by atoms with Gasteiger partial charge in [-0.25, -0.2) is 0 Å². The fraction of sp³-hybridized carbons (Fsp3) is 0.0952. The van der Waals surface area contributed by atoms with Crippen molar-refractivity contribution in [3.8, 4) is 34.8 Å². The molecule has 7 nitrogen and oxygen atoms in total. The van der Waals surface area contributed by atoms with Gasteiger partial charge < -0.3 is 20.2 Å². The van der Waals surface area contributed by atoms with Crippen molar-refractivity contribution in [2.75, 3.05) is 12.8 Å². The number of H-pyrrole nitrogens is 1. The van der Waals surface area contributed by atoms with Crippen LogP contribution in [0.2, 0.25) is 10.0 Å². The molecule has 0 unspecified atom stereocenters. The van der Waals surface area contributed by atoms with Gasteiger partial charge in [-0.15, -0.1) is 0 Å². The Labute approximate surface area is 181 Å². The third kappa shape index (κ3) is 3.90. The quantitative estimate of drug-likeness (QED) is 0.610. The number of nitrogens with zero attached hydrogens (tertiary/aromatic N) is 2. The van der Waals surface area contributed by atoms with E-state index in [0.29, 0.717) is 10.8 Å². The summed E-state index contributed by atoms with van der Waals surface area (Å²) in [5.74, 6) is 0.444. The molecule has 0 spiro atoms. The monoisotopic (exact) mass is 440 g/mol. The largest absolute Gasteiger partial charge is 0.493 e. The Morgan fingerprint density at radius 1 is 1.07 bits per heavy atom. The molecule has 1 heterocycles. The molecule has 150 valence electrons. The molecule has 0 amide bonds. The summed E-state index contributed by atoms with van der Waals surface area (Å²) in [6.07, 6.45) is 0. The van der Waals surface area contributed by atoms with Gasteiger partial charge in [-0.2, -0.15) is 10.5 Å². The van der Waals surface area contributed by atoms with Gasteiger partial charge in [0.2, 0.25) is 0 Å². The van der Waals surface area contributed by atoms with Crippen LogP contribution in [-0.2, 0) is 6.61 Å². The van der Waals surface area contributed by atoms with E-state index in [2.05, 4.69) is 4.98 Å². The van der Waals surface area contributed by atoms with Crippen molar-refractivity contribution in [3.05, 3.63) is 73.5 Å². The maximum atomic E-state index is 12.2. The molecule has 3 N–H and O–H groups in total. The normalized spacial score (nSPS) is 10.2. The summed E-state index contributed by atoms with van der Waals surface area (Å²) < 4.78 is 11.2. The summed E-state index contributed by atoms with van der Waals surface area (Å²) in [5.41, 5.74) is 5.73. The van der Waals surface area contributed by atoms with Gasteiger partial charge in [0.25, 0.3) is 5.56 Å². The second-order valence-corrected chi connectivity index (χ2v) is 6.89. The van der Waals surface area contributed by atoms with E-state index in [9.17, 15) is 15.3 Å². The predicted octanol–water partition coefficient (Wildman–Crippen LogP) is 4.26. The Kier molecular flexibility index (Phi) is 6.17. The minimum atomic E-state index is -0.724. The molecular formula is C21H14Cl2N4O3. The number of halogens is 2. The van der Waals surface area contributed by atoms with Crippen LogP contribution in [0.4, 0.5) is 5.82 Å². The number of nitrogens with one attached hydrogen (secondary N) is 1. The average Bonchev–Trinajstić information content (AvgIpc) is 2.73. The van der Waals surface area contributed by atoms with Crippen molar-refractivity contribution in [3.63, 3.8) is 0 Å². The molecule has 0 fully saturated rings. The zero-order valence-electron chi connectivity index (χ0n) is 15.6. The highest BCUT2D eigenvalue weighted by atomic mass is 35.5. The highest BCUT2D eigenvalue weighted by Crippen LogP contribution is 2.41. The van der Waals surface area contributed by atoms with Crippen LogP contribution in [0.1, 0.15) is 16.7 Å². The molecule has 3 aromatic rings. The number of ether oxygens (including phenoxy) is 2. The molecule has 0 aliphatic rings. The number of methoxy groups -OCH3 is 1. The topological polar surface area (TPSA) is 125 Å². The van der Waals surface area contributed by atoms with E-state index in [-0.39, 0.29) is 45.5 Å². The zero-order valence-corrected chi connectivity index (χ0v) is 17.1. The molecule has 0 saturated carbocycles. The summed E-state index contributed by atoms with van der Waals surface area (Å²) >= 11 is 12.6. The highest BCUT2D eigenvalue weighted by Gasteiger charge is 2.22. The number of hydrogen-bond acceptors (Lipinski definition) is 6. The highest BCUT2D eigenvalue weighted by molar-refractivity contribution is 6.33. The molecule has 0 radical (unpaired) electrons. The number of rotatable bonds is 5. The fourth-order valence-corrected chi connectivity index (χ4v) is 3.32. The molecule has 0 bridgehead atoms. The van der Waals surface area contributed by atoms with Gasteiger partial charge in [-0.3, -0.25) is 4.79 Å². The number of benzene rings is 2. The Morgan fingerprint density at radius 3 is 2.40 bits per heavy atom. The summed E-state index contributed by atoms with van der Waals surface area (Å²) in [5, 5.41) is 19.6. The molecule has 30 heavy (non-hydrogen) atoms. The van der Waals surface area contributed by atoms with Crippen LogP contribution < -0.4 is 20.8 Å². The van der Waals surface area contributed by atoms with Crippen molar-refractivity contribution in [2.24, 2.45) is 0 Å². The average molecular weight is 441 g/mol. The van der Waals surface area contributed by atoms with Crippen molar-refractivity contribution >= 4 is 29.0 Å². The van der Waals surface area contributed by atoms with E-state index >= 15 is 0 Å². The van der Waals surface area contributed by atoms with Gasteiger partial charge in [0, 0.05) is 27.8 Å². The maximum absolute atomic E-state index is 12.2. The van der Waals surface area contributed by atoms with Gasteiger partial charge in [0.05, 0.1) is 12.1 Å². The summed E-state index contributed by atoms with van der Waals surface area (Å²) in [6, 6.07) is 13.9. The van der Waals surface area contributed by atoms with Crippen molar-refractivity contribution in [1.82, 2.24) is 4.98 Å². The first-order valence-corrected chi connectivity index (χ1v) is 9.26. The number of nitrogens with two attached hydrogens (primary N) is 1. The zero-order chi connectivity index (χ0) is 21.8. The van der Waals surface area contributed by atoms with Crippen LogP contribution in [0, 0.1) is 22.7 Å². The number of hydrogen-bond donors (Lipinski definition) is 2. The first-order valence-electron chi connectivity index (χ1n) is 8.51. The lowest BCUT2D eigenvalue weighted by Gasteiger charge is -2.16. The molecule has 2 aromatic carbocycles. The van der Waals surface area contributed by atoms with Crippen LogP contribution in [0.15, 0.2) is 41.2 Å². The van der Waals surface area contributed by atoms with Crippen LogP contribution >= 0.6 is 23.2 Å². The lowest BCUT2D eigenvalue weighted by atomic mass is 9.96. The number of nitriles is 2. The van der Waals surface area contributed by atoms with Crippen LogP contribution in [0.5, 0.6) is 11.5 Å². The molecule has 0 aliphatic carbocycles. The fourth-order valence-electron chi connectivity index (χ4n) is 2.88. The lowest BCUT2D eigenvalue weighted by molar-refractivity contribution is 0.284. The Morgan fingerprint density at radius 2 is 1.77 bits per heavy atom. The number of aromatic amines is 1. The number of aromatic nitrogens is 1. The standard InChI is InChI=1S/C21H14Cl2N4O3/c1-29-17-6-12(19-13(8-24)20(26)27-21(28)14(19)9-25)16(23)7-18(17)30-10-11-4-2-3-5-15(11)22/h2-7H,10H2,1H3,(H3,26,27,28). The van der Waals surface area contributed by atoms with Gasteiger partial charge in [-0.1, -0.05) is 41.4 Å². The number of anilines is 1. The summed E-state index contributed by atoms with van der Waals surface area (Å²) in [7, 11) is 1.43. The molecule has 0 atom stereocenters. The van der Waals surface area contributed by atoms with Crippen LogP contribution in [-0.4, -0.2) is 12.1 Å². The Hall–Kier alpha value is -3.65. The molecule has 0 aliphatic heterocycles. The Balaban J connectivity index is 2.12. The van der Waals surface area contributed by atoms with Crippen molar-refractivity contribution < 1.29 is 9.47 Å². The number of nitrogen functional groups attached to an aromatic ring is 1. The summed E-state index contributed by atoms with van der Waals surface area (Å²) in [4.78, 5) is 14.5. The van der Waals surface area contributed by atoms with E-state index < -0.39 is 5.56 Å². The minimum absolute atomic E-state index is 0.0298. The first-order chi connectivity index (χ1) is 14.4. The summed E-state index contributed by atoms with van der Waals surface area (Å²) in [6.45, 7) is 0.163. The smallest absolute Gasteiger partial charge is 0.268 e. The maximum Gasteiger partial charge on any atom is 0.268 e. The van der Waals surface area contributed by atoms with Crippen LogP contribution in [0.25, 0.3) is 11.1 Å². The van der Waals surface area contributed by atoms with E-state index in [1.165, 1.54) is 19.2 Å². The van der Waals surface area contributed by atoms with Crippen molar-refractivity contribution in [1.29, 1.82) is 10.5 Å². The number of pyridine rings is 1. The van der Waals surface area contributed by atoms with Crippen molar-refractivity contribution in [2.45, 2.75) is 6.61 Å². The second kappa shape index (κ2) is 8.79. The van der Waals surface area contributed by atoms with Crippen LogP contribution in [0.3, 0.4) is 0 Å². The van der Waals surface area contributed by atoms with Gasteiger partial charge in [-0.05, 0) is 12.1 Å². The molecular weight excluding hydrogens is 427 g/mol. The predicted molar refractivity (Wildman–Crippen MR) is 114 cm³/mol. The Bertz CT molecular complexity index is 1270. The molecule has 1 aromatic heterocycles. The van der Waals surface area contributed by atoms with E-state index in [0.717, 1.165) is 5.56 Å². The van der Waals surface area contributed by atoms with Gasteiger partial charge in [0.1, 0.15) is 35.7 Å². The molecule has 3 rings (SSSR count). The SMILES string of the molecule is COc1cc(-c2c(C#N)c(N)[nH]c(=O)c2C#N)c(Cl)cc1OCc1ccccc1Cl. The molecule has 0 saturated heterocycles. The van der Waals surface area contributed by atoms with E-state index in [4.69, 9.17) is 38.4 Å². The minimum Gasteiger partial charge on any atom is -0.493 e. The van der Waals surface area contributed by atoms with Gasteiger partial charge >= 0.3 is 0 Å². The first kappa shape index (κ1) is 21.1. The van der Waals surface area contributed by atoms with E-state index in [1.807, 2.05) is 24.3 Å². The lowest BCUT2D eigenvalue weighted by Crippen LogP contribution is -2.16. The van der Waals surface area contributed by atoms with Gasteiger partial charge in [0.15, 0.2) is 11.5 Å². The third-order valence-electron chi connectivity index (χ3n) is 4.33. The third-order valence-corrected chi connectivity index (χ3v) is 5.01. The molecule has 9 heteroatoms. The second-order valence-electron chi connectivity index (χ2n) is 6.08. The van der Waals surface area contributed by atoms with E-state index in [1.54, 1.807) is 12.1 Å².